The zero-order chi connectivity index (χ0) is 16.4. The van der Waals surface area contributed by atoms with Crippen molar-refractivity contribution in [1.82, 2.24) is 9.96 Å². The fourth-order valence-corrected chi connectivity index (χ4v) is 2.91. The van der Waals surface area contributed by atoms with Crippen molar-refractivity contribution < 1.29 is 9.23 Å². The topological polar surface area (TPSA) is 15.7 Å². The van der Waals surface area contributed by atoms with Crippen LogP contribution in [0.25, 0.3) is 0 Å². The van der Waals surface area contributed by atoms with Crippen LogP contribution < -0.4 is 0 Å². The van der Waals surface area contributed by atoms with Crippen molar-refractivity contribution in [3.05, 3.63) is 70.8 Å². The summed E-state index contributed by atoms with van der Waals surface area (Å²) >= 11 is 0. The van der Waals surface area contributed by atoms with Gasteiger partial charge in [0.25, 0.3) is 0 Å². The van der Waals surface area contributed by atoms with Gasteiger partial charge in [0.05, 0.1) is 6.54 Å². The lowest BCUT2D eigenvalue weighted by atomic mass is 10.1. The van der Waals surface area contributed by atoms with Crippen LogP contribution in [-0.2, 0) is 11.4 Å². The molecule has 1 aromatic rings. The van der Waals surface area contributed by atoms with E-state index in [9.17, 15) is 4.39 Å². The first-order valence-electron chi connectivity index (χ1n) is 7.54. The van der Waals surface area contributed by atoms with Crippen LogP contribution in [0.3, 0.4) is 0 Å². The van der Waals surface area contributed by atoms with Crippen LogP contribution in [0.4, 0.5) is 4.39 Å². The van der Waals surface area contributed by atoms with E-state index in [1.165, 1.54) is 29.0 Å². The van der Waals surface area contributed by atoms with Crippen LogP contribution in [0, 0.1) is 18.2 Å². The van der Waals surface area contributed by atoms with Crippen molar-refractivity contribution in [3.63, 3.8) is 0 Å². The van der Waals surface area contributed by atoms with Gasteiger partial charge in [0.1, 0.15) is 12.4 Å². The zero-order valence-corrected chi connectivity index (χ0v) is 13.3. The van der Waals surface area contributed by atoms with E-state index < -0.39 is 0 Å². The van der Waals surface area contributed by atoms with Crippen LogP contribution in [0.5, 0.6) is 0 Å². The van der Waals surface area contributed by atoms with Gasteiger partial charge in [0, 0.05) is 17.5 Å². The molecule has 4 heteroatoms. The van der Waals surface area contributed by atoms with E-state index in [4.69, 9.17) is 11.3 Å². The molecule has 2 aliphatic heterocycles. The summed E-state index contributed by atoms with van der Waals surface area (Å²) in [5.41, 5.74) is 4.50. The molecule has 2 aliphatic rings. The Morgan fingerprint density at radius 1 is 1.26 bits per heavy atom. The summed E-state index contributed by atoms with van der Waals surface area (Å²) in [4.78, 5) is 8.09. The van der Waals surface area contributed by atoms with Crippen molar-refractivity contribution in [2.24, 2.45) is 0 Å². The second kappa shape index (κ2) is 6.31. The van der Waals surface area contributed by atoms with Gasteiger partial charge in [-0.3, -0.25) is 4.84 Å². The van der Waals surface area contributed by atoms with E-state index in [2.05, 4.69) is 30.7 Å². The third-order valence-corrected chi connectivity index (χ3v) is 4.28. The van der Waals surface area contributed by atoms with Crippen molar-refractivity contribution in [3.8, 4) is 12.3 Å². The maximum absolute atomic E-state index is 13.0. The molecule has 1 aromatic carbocycles. The summed E-state index contributed by atoms with van der Waals surface area (Å²) < 4.78 is 13.0. The highest BCUT2D eigenvalue weighted by molar-refractivity contribution is 5.46. The molecule has 0 fully saturated rings. The molecule has 0 bridgehead atoms. The van der Waals surface area contributed by atoms with Crippen molar-refractivity contribution in [1.29, 1.82) is 0 Å². The number of nitrogens with zero attached hydrogens (tertiary/aromatic N) is 2. The smallest absolute Gasteiger partial charge is 0.153 e. The van der Waals surface area contributed by atoms with Gasteiger partial charge in [-0.05, 0) is 43.2 Å². The summed E-state index contributed by atoms with van der Waals surface area (Å²) in [7, 11) is 0. The number of fused-ring (bicyclic) bond motifs is 1. The van der Waals surface area contributed by atoms with Gasteiger partial charge in [-0.25, -0.2) is 9.45 Å². The molecular formula is C19H19FN2O. The van der Waals surface area contributed by atoms with E-state index in [0.717, 1.165) is 5.56 Å². The summed E-state index contributed by atoms with van der Waals surface area (Å²) in [5.74, 6) is 2.46. The first-order valence-corrected chi connectivity index (χ1v) is 7.54. The third kappa shape index (κ3) is 2.88. The fourth-order valence-electron chi connectivity index (χ4n) is 2.91. The minimum absolute atomic E-state index is 0.0449. The van der Waals surface area contributed by atoms with Crippen LogP contribution >= 0.6 is 0 Å². The average Bonchev–Trinajstić information content (AvgIpc) is 2.80. The molecule has 3 rings (SSSR count). The molecular weight excluding hydrogens is 291 g/mol. The first kappa shape index (κ1) is 15.4. The Morgan fingerprint density at radius 3 is 2.70 bits per heavy atom. The summed E-state index contributed by atoms with van der Waals surface area (Å²) in [6.45, 7) is 5.07. The van der Waals surface area contributed by atoms with E-state index in [1.807, 2.05) is 17.3 Å². The minimum Gasteiger partial charge on any atom is -0.338 e. The standard InChI is InChI=1S/C19H19FN2O/c1-4-11-21-15(3)14(2)18-6-5-12-22(19(18)21)23-13-16-7-9-17(20)10-8-16/h1,5-10,12,19H,11,13H2,2-3H3. The van der Waals surface area contributed by atoms with Gasteiger partial charge in [0.15, 0.2) is 6.17 Å². The van der Waals surface area contributed by atoms with Gasteiger partial charge in [-0.2, -0.15) is 0 Å². The van der Waals surface area contributed by atoms with Crippen molar-refractivity contribution in [2.75, 3.05) is 6.54 Å². The predicted octanol–water partition coefficient (Wildman–Crippen LogP) is 3.58. The number of hydrogen-bond donors (Lipinski definition) is 0. The normalized spacial score (nSPS) is 19.7. The second-order valence-corrected chi connectivity index (χ2v) is 5.64. The number of allylic oxidation sites excluding steroid dienone is 3. The number of hydrogen-bond acceptors (Lipinski definition) is 3. The zero-order valence-electron chi connectivity index (χ0n) is 13.3. The van der Waals surface area contributed by atoms with Gasteiger partial charge < -0.3 is 4.90 Å². The molecule has 0 aliphatic carbocycles. The third-order valence-electron chi connectivity index (χ3n) is 4.28. The molecule has 23 heavy (non-hydrogen) atoms. The summed E-state index contributed by atoms with van der Waals surface area (Å²) in [6.07, 6.45) is 11.4. The van der Waals surface area contributed by atoms with Crippen LogP contribution in [0.15, 0.2) is 59.5 Å². The summed E-state index contributed by atoms with van der Waals surface area (Å²) in [5, 5.41) is 1.82. The lowest BCUT2D eigenvalue weighted by Gasteiger charge is -2.36. The average molecular weight is 310 g/mol. The molecule has 0 N–H and O–H groups in total. The highest BCUT2D eigenvalue weighted by atomic mass is 19.1. The highest BCUT2D eigenvalue weighted by Gasteiger charge is 2.36. The minimum atomic E-state index is -0.247. The molecule has 3 nitrogen and oxygen atoms in total. The Balaban J connectivity index is 1.76. The van der Waals surface area contributed by atoms with E-state index in [1.54, 1.807) is 12.1 Å². The quantitative estimate of drug-likeness (QED) is 0.791. The van der Waals surface area contributed by atoms with Crippen LogP contribution in [0.1, 0.15) is 19.4 Å². The molecule has 0 radical (unpaired) electrons. The highest BCUT2D eigenvalue weighted by Crippen LogP contribution is 2.37. The Kier molecular flexibility index (Phi) is 4.22. The van der Waals surface area contributed by atoms with Crippen molar-refractivity contribution >= 4 is 0 Å². The van der Waals surface area contributed by atoms with Crippen LogP contribution in [-0.4, -0.2) is 22.7 Å². The molecule has 0 amide bonds. The molecule has 1 unspecified atom stereocenters. The predicted molar refractivity (Wildman–Crippen MR) is 88.0 cm³/mol. The van der Waals surface area contributed by atoms with E-state index in [0.29, 0.717) is 13.2 Å². The first-order chi connectivity index (χ1) is 11.1. The largest absolute Gasteiger partial charge is 0.338 e. The Hall–Kier alpha value is -2.51. The molecule has 0 saturated heterocycles. The van der Waals surface area contributed by atoms with Gasteiger partial charge in [-0.15, -0.1) is 6.42 Å². The second-order valence-electron chi connectivity index (χ2n) is 5.64. The number of terminal acetylenes is 1. The Morgan fingerprint density at radius 2 is 2.00 bits per heavy atom. The maximum Gasteiger partial charge on any atom is 0.153 e. The number of rotatable bonds is 4. The summed E-state index contributed by atoms with van der Waals surface area (Å²) in [6, 6.07) is 6.32. The Labute approximate surface area is 136 Å². The number of hydroxylamine groups is 2. The maximum atomic E-state index is 13.0. The molecule has 0 spiro atoms. The SMILES string of the molecule is C#CCN1C(C)=C(C)C2=CC=CN(OCc3ccc(F)cc3)C21. The monoisotopic (exact) mass is 310 g/mol. The molecule has 118 valence electrons. The lowest BCUT2D eigenvalue weighted by molar-refractivity contribution is -0.175. The van der Waals surface area contributed by atoms with E-state index >= 15 is 0 Å². The van der Waals surface area contributed by atoms with Gasteiger partial charge in [0.2, 0.25) is 0 Å². The molecule has 2 heterocycles. The van der Waals surface area contributed by atoms with Crippen molar-refractivity contribution in [2.45, 2.75) is 26.6 Å². The van der Waals surface area contributed by atoms with Crippen LogP contribution in [0.2, 0.25) is 0 Å². The molecule has 1 atom stereocenters. The van der Waals surface area contributed by atoms with Gasteiger partial charge >= 0.3 is 0 Å². The van der Waals surface area contributed by atoms with E-state index in [-0.39, 0.29) is 12.0 Å². The Bertz CT molecular complexity index is 725. The number of halogens is 1. The molecule has 0 aromatic heterocycles. The lowest BCUT2D eigenvalue weighted by Crippen LogP contribution is -2.44. The number of benzene rings is 1. The van der Waals surface area contributed by atoms with Gasteiger partial charge in [-0.1, -0.05) is 24.1 Å². The fraction of sp³-hybridized carbons (Fsp3) is 0.263. The molecule has 0 saturated carbocycles.